The molecule has 5 N–H and O–H groups in total. The van der Waals surface area contributed by atoms with E-state index in [0.717, 1.165) is 0 Å². The zero-order valence-electron chi connectivity index (χ0n) is 10.6. The first-order valence-corrected chi connectivity index (χ1v) is 7.31. The van der Waals surface area contributed by atoms with Crippen LogP contribution in [0, 0.1) is 0 Å². The van der Waals surface area contributed by atoms with Crippen molar-refractivity contribution in [3.05, 3.63) is 26.6 Å². The van der Waals surface area contributed by atoms with Crippen molar-refractivity contribution in [2.24, 2.45) is 5.73 Å². The van der Waals surface area contributed by atoms with E-state index in [1.54, 1.807) is 6.07 Å². The summed E-state index contributed by atoms with van der Waals surface area (Å²) in [6.45, 7) is 0. The van der Waals surface area contributed by atoms with Crippen molar-refractivity contribution in [2.75, 3.05) is 5.32 Å². The summed E-state index contributed by atoms with van der Waals surface area (Å²) in [4.78, 5) is 33.5. The van der Waals surface area contributed by atoms with Gasteiger partial charge in [-0.25, -0.2) is 4.79 Å². The lowest BCUT2D eigenvalue weighted by molar-refractivity contribution is -0.137. The Balaban J connectivity index is 2.94. The molecule has 0 radical (unpaired) electrons. The fourth-order valence-electron chi connectivity index (χ4n) is 1.50. The van der Waals surface area contributed by atoms with E-state index in [-0.39, 0.29) is 24.1 Å². The molecule has 0 aromatic heterocycles. The molecule has 0 spiro atoms. The number of carbonyl (C=O) groups is 3. The molecule has 0 heterocycles. The number of rotatable bonds is 6. The second-order valence-electron chi connectivity index (χ2n) is 4.14. The summed E-state index contributed by atoms with van der Waals surface area (Å²) >= 11 is 6.32. The highest BCUT2D eigenvalue weighted by Crippen LogP contribution is 2.31. The Morgan fingerprint density at radius 3 is 2.38 bits per heavy atom. The molecule has 0 bridgehead atoms. The van der Waals surface area contributed by atoms with Gasteiger partial charge in [-0.05, 0) is 34.5 Å². The van der Waals surface area contributed by atoms with Crippen molar-refractivity contribution in [2.45, 2.75) is 18.9 Å². The Morgan fingerprint density at radius 2 is 1.86 bits per heavy atom. The summed E-state index contributed by atoms with van der Waals surface area (Å²) in [5, 5.41) is 20.1. The maximum absolute atomic E-state index is 11.9. The van der Waals surface area contributed by atoms with Crippen molar-refractivity contribution < 1.29 is 24.6 Å². The lowest BCUT2D eigenvalue weighted by atomic mass is 10.1. The van der Waals surface area contributed by atoms with Gasteiger partial charge in [-0.2, -0.15) is 0 Å². The van der Waals surface area contributed by atoms with Gasteiger partial charge in [0.25, 0.3) is 0 Å². The molecule has 1 unspecified atom stereocenters. The van der Waals surface area contributed by atoms with Crippen LogP contribution < -0.4 is 11.1 Å². The number of carboxylic acids is 2. The Bertz CT molecular complexity index is 591. The van der Waals surface area contributed by atoms with Crippen LogP contribution in [0.25, 0.3) is 0 Å². The second-order valence-corrected chi connectivity index (χ2v) is 5.91. The molecule has 1 atom stereocenters. The van der Waals surface area contributed by atoms with E-state index < -0.39 is 23.9 Å². The Hall–Kier alpha value is -1.45. The molecule has 7 nitrogen and oxygen atoms in total. The van der Waals surface area contributed by atoms with E-state index in [4.69, 9.17) is 15.9 Å². The van der Waals surface area contributed by atoms with Gasteiger partial charge in [0.05, 0.1) is 17.3 Å². The summed E-state index contributed by atoms with van der Waals surface area (Å²) in [5.41, 5.74) is 5.53. The minimum atomic E-state index is -1.22. The molecular formula is C12H12Br2N2O5. The van der Waals surface area contributed by atoms with Gasteiger partial charge in [-0.1, -0.05) is 15.9 Å². The lowest BCUT2D eigenvalue weighted by Gasteiger charge is -2.14. The number of aromatic carboxylic acids is 1. The zero-order chi connectivity index (χ0) is 16.2. The average molecular weight is 424 g/mol. The Kier molecular flexibility index (Phi) is 6.31. The molecule has 114 valence electrons. The van der Waals surface area contributed by atoms with E-state index in [9.17, 15) is 14.4 Å². The monoisotopic (exact) mass is 422 g/mol. The first kappa shape index (κ1) is 17.6. The SMILES string of the molecule is NC(CCC(=O)O)C(=O)Nc1c(Br)cc(Br)cc1C(=O)O. The molecule has 9 heteroatoms. The number of carbonyl (C=O) groups excluding carboxylic acids is 1. The fraction of sp³-hybridized carbons (Fsp3) is 0.250. The highest BCUT2D eigenvalue weighted by molar-refractivity contribution is 9.11. The standard InChI is InChI=1S/C12H12Br2N2O5/c13-5-3-6(12(20)21)10(7(14)4-5)16-11(19)8(15)1-2-9(17)18/h3-4,8H,1-2,15H2,(H,16,19)(H,17,18)(H,20,21). The van der Waals surface area contributed by atoms with Gasteiger partial charge in [-0.15, -0.1) is 0 Å². The predicted molar refractivity (Wildman–Crippen MR) is 82.3 cm³/mol. The summed E-state index contributed by atoms with van der Waals surface area (Å²) < 4.78 is 0.896. The Morgan fingerprint density at radius 1 is 1.24 bits per heavy atom. The van der Waals surface area contributed by atoms with Crippen molar-refractivity contribution in [3.63, 3.8) is 0 Å². The second kappa shape index (κ2) is 7.53. The van der Waals surface area contributed by atoms with E-state index >= 15 is 0 Å². The number of amides is 1. The first-order valence-electron chi connectivity index (χ1n) is 5.73. The molecule has 0 aliphatic heterocycles. The van der Waals surface area contributed by atoms with Crippen molar-refractivity contribution in [1.29, 1.82) is 0 Å². The smallest absolute Gasteiger partial charge is 0.337 e. The van der Waals surface area contributed by atoms with Gasteiger partial charge in [0, 0.05) is 15.4 Å². The molecule has 0 fully saturated rings. The largest absolute Gasteiger partial charge is 0.481 e. The van der Waals surface area contributed by atoms with Crippen molar-refractivity contribution in [3.8, 4) is 0 Å². The summed E-state index contributed by atoms with van der Waals surface area (Å²) in [7, 11) is 0. The maximum Gasteiger partial charge on any atom is 0.337 e. The fourth-order valence-corrected chi connectivity index (χ4v) is 2.82. The van der Waals surface area contributed by atoms with Gasteiger partial charge in [0.15, 0.2) is 0 Å². The minimum absolute atomic E-state index is 0.0439. The quantitative estimate of drug-likeness (QED) is 0.553. The number of anilines is 1. The van der Waals surface area contributed by atoms with E-state index in [2.05, 4.69) is 37.2 Å². The number of hydrogen-bond acceptors (Lipinski definition) is 4. The Labute approximate surface area is 136 Å². The summed E-state index contributed by atoms with van der Waals surface area (Å²) in [6, 6.07) is 1.87. The zero-order valence-corrected chi connectivity index (χ0v) is 13.8. The summed E-state index contributed by atoms with van der Waals surface area (Å²) in [5.74, 6) is -2.93. The molecule has 1 amide bonds. The van der Waals surface area contributed by atoms with Gasteiger partial charge in [0.2, 0.25) is 5.91 Å². The van der Waals surface area contributed by atoms with E-state index in [0.29, 0.717) is 8.95 Å². The maximum atomic E-state index is 11.9. The van der Waals surface area contributed by atoms with Crippen LogP contribution in [0.5, 0.6) is 0 Å². The van der Waals surface area contributed by atoms with Crippen LogP contribution in [-0.4, -0.2) is 34.1 Å². The number of halogens is 2. The highest BCUT2D eigenvalue weighted by atomic mass is 79.9. The number of nitrogens with two attached hydrogens (primary N) is 1. The van der Waals surface area contributed by atoms with Crippen LogP contribution in [0.4, 0.5) is 5.69 Å². The van der Waals surface area contributed by atoms with Crippen LogP contribution in [-0.2, 0) is 9.59 Å². The van der Waals surface area contributed by atoms with Gasteiger partial charge in [0.1, 0.15) is 0 Å². The number of hydrogen-bond donors (Lipinski definition) is 4. The number of aliphatic carboxylic acids is 1. The third-order valence-electron chi connectivity index (χ3n) is 2.54. The third kappa shape index (κ3) is 5.10. The highest BCUT2D eigenvalue weighted by Gasteiger charge is 2.20. The van der Waals surface area contributed by atoms with Crippen LogP contribution in [0.15, 0.2) is 21.1 Å². The van der Waals surface area contributed by atoms with Crippen LogP contribution >= 0.6 is 31.9 Å². The topological polar surface area (TPSA) is 130 Å². The molecule has 0 aliphatic rings. The van der Waals surface area contributed by atoms with Crippen LogP contribution in [0.3, 0.4) is 0 Å². The minimum Gasteiger partial charge on any atom is -0.481 e. The van der Waals surface area contributed by atoms with Crippen LogP contribution in [0.2, 0.25) is 0 Å². The molecule has 1 aromatic rings. The molecule has 0 aliphatic carbocycles. The van der Waals surface area contributed by atoms with Gasteiger partial charge in [-0.3, -0.25) is 9.59 Å². The molecule has 21 heavy (non-hydrogen) atoms. The summed E-state index contributed by atoms with van der Waals surface area (Å²) in [6.07, 6.45) is -0.292. The molecule has 0 saturated carbocycles. The van der Waals surface area contributed by atoms with E-state index in [1.165, 1.54) is 6.07 Å². The van der Waals surface area contributed by atoms with Crippen LogP contribution in [0.1, 0.15) is 23.2 Å². The number of benzene rings is 1. The van der Waals surface area contributed by atoms with E-state index in [1.807, 2.05) is 0 Å². The van der Waals surface area contributed by atoms with Gasteiger partial charge < -0.3 is 21.3 Å². The van der Waals surface area contributed by atoms with Crippen molar-refractivity contribution in [1.82, 2.24) is 0 Å². The molecular weight excluding hydrogens is 412 g/mol. The lowest BCUT2D eigenvalue weighted by Crippen LogP contribution is -2.36. The molecule has 0 saturated heterocycles. The molecule has 1 aromatic carbocycles. The number of carboxylic acid groups (broad SMARTS) is 2. The van der Waals surface area contributed by atoms with Gasteiger partial charge >= 0.3 is 11.9 Å². The first-order chi connectivity index (χ1) is 9.72. The number of nitrogens with one attached hydrogen (secondary N) is 1. The predicted octanol–water partition coefficient (Wildman–Crippen LogP) is 2.04. The molecule has 1 rings (SSSR count). The third-order valence-corrected chi connectivity index (χ3v) is 3.62. The average Bonchev–Trinajstić information content (AvgIpc) is 2.38. The normalized spacial score (nSPS) is 11.8. The van der Waals surface area contributed by atoms with Crippen molar-refractivity contribution >= 4 is 55.4 Å².